The molecule has 0 amide bonds. The average molecular weight is 365 g/mol. The van der Waals surface area contributed by atoms with Crippen molar-refractivity contribution in [2.24, 2.45) is 0 Å². The minimum atomic E-state index is -0.437. The van der Waals surface area contributed by atoms with E-state index in [4.69, 9.17) is 74.3 Å². The van der Waals surface area contributed by atoms with Crippen LogP contribution in [0.25, 0.3) is 0 Å². The molecule has 0 N–H and O–H groups in total. The van der Waals surface area contributed by atoms with E-state index in [1.54, 1.807) is 0 Å². The summed E-state index contributed by atoms with van der Waals surface area (Å²) in [6.07, 6.45) is 0. The minimum absolute atomic E-state index is 0.437. The number of hydrogen-bond acceptors (Lipinski definition) is 1. The molecule has 0 aromatic carbocycles. The van der Waals surface area contributed by atoms with Gasteiger partial charge in [0.2, 0.25) is 0 Å². The van der Waals surface area contributed by atoms with Gasteiger partial charge in [-0.15, -0.1) is 69.6 Å². The van der Waals surface area contributed by atoms with Crippen LogP contribution in [0.4, 0.5) is 0 Å². The molecule has 104 valence electrons. The molecule has 0 aromatic heterocycles. The molecule has 0 radical (unpaired) electrons. The predicted octanol–water partition coefficient (Wildman–Crippen LogP) is 4.69. The summed E-state index contributed by atoms with van der Waals surface area (Å²) in [4.78, 5) is 0. The highest BCUT2D eigenvalue weighted by molar-refractivity contribution is 6.45. The maximum absolute atomic E-state index is 5.88. The van der Waals surface area contributed by atoms with E-state index in [0.717, 1.165) is 13.2 Å². The molecule has 7 heteroatoms. The van der Waals surface area contributed by atoms with Gasteiger partial charge in [0.15, 0.2) is 0 Å². The molecule has 0 atom stereocenters. The number of rotatable bonds is 2. The monoisotopic (exact) mass is 362 g/mol. The van der Waals surface area contributed by atoms with Gasteiger partial charge < -0.3 is 4.74 Å². The van der Waals surface area contributed by atoms with E-state index in [1.165, 1.54) is 0 Å². The lowest BCUT2D eigenvalue weighted by atomic mass is 9.97. The fourth-order valence-corrected chi connectivity index (χ4v) is 3.59. The molecule has 0 bridgehead atoms. The summed E-state index contributed by atoms with van der Waals surface area (Å²) in [5.74, 6) is 0. The van der Waals surface area contributed by atoms with Gasteiger partial charge in [0, 0.05) is 13.2 Å². The lowest BCUT2D eigenvalue weighted by Crippen LogP contribution is -2.52. The molecule has 0 spiro atoms. The Morgan fingerprint density at radius 2 is 0.765 bits per heavy atom. The smallest absolute Gasteiger partial charge is 0.0693 e. The molecular weight excluding hydrogens is 349 g/mol. The molecule has 1 aliphatic rings. The quantitative estimate of drug-likeness (QED) is 0.646. The Morgan fingerprint density at radius 1 is 0.588 bits per heavy atom. The average Bonchev–Trinajstić information content (AvgIpc) is 2.33. The maximum Gasteiger partial charge on any atom is 0.0693 e. The molecule has 0 saturated heterocycles. The lowest BCUT2D eigenvalue weighted by molar-refractivity contribution is 0.162. The number of alkyl halides is 6. The molecule has 1 saturated carbocycles. The molecule has 1 fully saturated rings. The van der Waals surface area contributed by atoms with Crippen LogP contribution in [-0.2, 0) is 4.74 Å². The van der Waals surface area contributed by atoms with Crippen molar-refractivity contribution in [3.8, 4) is 0 Å². The first-order valence-electron chi connectivity index (χ1n) is 5.30. The predicted molar refractivity (Wildman–Crippen MR) is 80.0 cm³/mol. The van der Waals surface area contributed by atoms with Crippen LogP contribution in [-0.4, -0.2) is 45.5 Å². The van der Waals surface area contributed by atoms with Gasteiger partial charge in [0.05, 0.1) is 32.3 Å². The third-order valence-corrected chi connectivity index (χ3v) is 6.26. The standard InChI is InChI=1S/C6H6Cl6.C4H10O/c7-1-2(8)4(10)6(12)5(11)3(1)9;1-3-5-4-2/h1-6H;3-4H2,1-2H3/t1-,2-,3-,4+,5+,6+;. The third kappa shape index (κ3) is 5.69. The Labute approximate surface area is 133 Å². The summed E-state index contributed by atoms with van der Waals surface area (Å²) in [5.41, 5.74) is 0. The highest BCUT2D eigenvalue weighted by Gasteiger charge is 2.46. The van der Waals surface area contributed by atoms with E-state index < -0.39 is 32.3 Å². The molecule has 0 aliphatic heterocycles. The van der Waals surface area contributed by atoms with Crippen molar-refractivity contribution in [2.75, 3.05) is 13.2 Å². The van der Waals surface area contributed by atoms with Crippen molar-refractivity contribution in [1.82, 2.24) is 0 Å². The maximum atomic E-state index is 5.88. The zero-order valence-corrected chi connectivity index (χ0v) is 14.1. The van der Waals surface area contributed by atoms with Crippen LogP contribution in [0.3, 0.4) is 0 Å². The van der Waals surface area contributed by atoms with Crippen LogP contribution >= 0.6 is 69.6 Å². The topological polar surface area (TPSA) is 9.23 Å². The molecule has 1 nitrogen and oxygen atoms in total. The van der Waals surface area contributed by atoms with Crippen LogP contribution in [0.5, 0.6) is 0 Å². The highest BCUT2D eigenvalue weighted by Crippen LogP contribution is 2.39. The Bertz CT molecular complexity index is 145. The third-order valence-electron chi connectivity index (χ3n) is 2.23. The van der Waals surface area contributed by atoms with Crippen molar-refractivity contribution >= 4 is 69.6 Å². The molecule has 1 rings (SSSR count). The van der Waals surface area contributed by atoms with Gasteiger partial charge in [-0.2, -0.15) is 0 Å². The normalized spacial score (nSPS) is 41.6. The summed E-state index contributed by atoms with van der Waals surface area (Å²) >= 11 is 35.3. The Kier molecular flexibility index (Phi) is 10.5. The Morgan fingerprint density at radius 3 is 0.824 bits per heavy atom. The van der Waals surface area contributed by atoms with E-state index in [0.29, 0.717) is 0 Å². The van der Waals surface area contributed by atoms with Gasteiger partial charge in [0.1, 0.15) is 0 Å². The summed E-state index contributed by atoms with van der Waals surface area (Å²) < 4.78 is 4.83. The Hall–Kier alpha value is 1.70. The van der Waals surface area contributed by atoms with E-state index in [1.807, 2.05) is 13.8 Å². The zero-order valence-electron chi connectivity index (χ0n) is 9.55. The largest absolute Gasteiger partial charge is 0.382 e. The second-order valence-electron chi connectivity index (χ2n) is 3.45. The fraction of sp³-hybridized carbons (Fsp3) is 1.00. The van der Waals surface area contributed by atoms with E-state index in [9.17, 15) is 0 Å². The highest BCUT2D eigenvalue weighted by atomic mass is 35.5. The molecular formula is C10H16Cl6O. The zero-order chi connectivity index (χ0) is 13.6. The summed E-state index contributed by atoms with van der Waals surface area (Å²) in [7, 11) is 0. The van der Waals surface area contributed by atoms with E-state index in [-0.39, 0.29) is 0 Å². The van der Waals surface area contributed by atoms with Gasteiger partial charge in [-0.25, -0.2) is 0 Å². The van der Waals surface area contributed by atoms with Crippen molar-refractivity contribution in [1.29, 1.82) is 0 Å². The Balaban J connectivity index is 0.000000437. The van der Waals surface area contributed by atoms with Crippen molar-refractivity contribution in [3.63, 3.8) is 0 Å². The van der Waals surface area contributed by atoms with E-state index in [2.05, 4.69) is 0 Å². The number of hydrogen-bond donors (Lipinski definition) is 0. The second-order valence-corrected chi connectivity index (χ2v) is 6.47. The van der Waals surface area contributed by atoms with E-state index >= 15 is 0 Å². The van der Waals surface area contributed by atoms with Crippen LogP contribution in [0.15, 0.2) is 0 Å². The van der Waals surface area contributed by atoms with Crippen molar-refractivity contribution in [2.45, 2.75) is 46.1 Å². The first kappa shape index (κ1) is 18.7. The lowest BCUT2D eigenvalue weighted by Gasteiger charge is -2.37. The van der Waals surface area contributed by atoms with Crippen LogP contribution in [0.1, 0.15) is 13.8 Å². The molecule has 0 heterocycles. The summed E-state index contributed by atoms with van der Waals surface area (Å²) in [6.45, 7) is 5.67. The molecule has 0 aromatic rings. The SMILES string of the molecule is CCOCC.Cl[C@H]1[C@H](Cl)[C@@H](Cl)[C@@H](Cl)[C@H](Cl)[C@H]1Cl. The van der Waals surface area contributed by atoms with Gasteiger partial charge in [-0.3, -0.25) is 0 Å². The van der Waals surface area contributed by atoms with Crippen LogP contribution in [0.2, 0.25) is 0 Å². The van der Waals surface area contributed by atoms with Gasteiger partial charge in [-0.1, -0.05) is 0 Å². The van der Waals surface area contributed by atoms with Crippen LogP contribution in [0, 0.1) is 0 Å². The van der Waals surface area contributed by atoms with Crippen molar-refractivity contribution in [3.05, 3.63) is 0 Å². The number of ether oxygens (including phenoxy) is 1. The summed E-state index contributed by atoms with van der Waals surface area (Å²) in [5, 5.41) is -2.62. The van der Waals surface area contributed by atoms with Gasteiger partial charge in [0.25, 0.3) is 0 Å². The fourth-order valence-electron chi connectivity index (χ4n) is 1.26. The summed E-state index contributed by atoms with van der Waals surface area (Å²) in [6, 6.07) is 0. The molecule has 17 heavy (non-hydrogen) atoms. The second kappa shape index (κ2) is 9.58. The van der Waals surface area contributed by atoms with Gasteiger partial charge in [-0.05, 0) is 13.8 Å². The molecule has 1 aliphatic carbocycles. The molecule has 0 unspecified atom stereocenters. The first-order valence-corrected chi connectivity index (χ1v) is 7.92. The van der Waals surface area contributed by atoms with Gasteiger partial charge >= 0.3 is 0 Å². The van der Waals surface area contributed by atoms with Crippen LogP contribution < -0.4 is 0 Å². The first-order chi connectivity index (χ1) is 7.88. The minimum Gasteiger partial charge on any atom is -0.382 e. The number of halogens is 6. The van der Waals surface area contributed by atoms with Crippen molar-refractivity contribution < 1.29 is 4.74 Å².